The number of rotatable bonds is 6. The van der Waals surface area contributed by atoms with E-state index in [1.54, 1.807) is 0 Å². The highest BCUT2D eigenvalue weighted by molar-refractivity contribution is 5.77. The monoisotopic (exact) mass is 250 g/mol. The van der Waals surface area contributed by atoms with E-state index in [1.807, 2.05) is 0 Å². The van der Waals surface area contributed by atoms with Gasteiger partial charge in [-0.25, -0.2) is 0 Å². The molecule has 2 aliphatic rings. The van der Waals surface area contributed by atoms with Crippen LogP contribution in [-0.4, -0.2) is 25.0 Å². The molecule has 1 amide bonds. The van der Waals surface area contributed by atoms with Crippen molar-refractivity contribution >= 4 is 5.91 Å². The molecule has 18 heavy (non-hydrogen) atoms. The first kappa shape index (κ1) is 13.6. The summed E-state index contributed by atoms with van der Waals surface area (Å²) in [6, 6.07) is 0.440. The van der Waals surface area contributed by atoms with Gasteiger partial charge < -0.3 is 10.6 Å². The first-order valence-electron chi connectivity index (χ1n) is 7.24. The van der Waals surface area contributed by atoms with Gasteiger partial charge in [-0.05, 0) is 43.4 Å². The average molecular weight is 250 g/mol. The van der Waals surface area contributed by atoms with Crippen LogP contribution in [-0.2, 0) is 4.79 Å². The molecule has 4 unspecified atom stereocenters. The van der Waals surface area contributed by atoms with Crippen molar-refractivity contribution in [3.05, 3.63) is 12.2 Å². The van der Waals surface area contributed by atoms with Gasteiger partial charge in [-0.2, -0.15) is 0 Å². The van der Waals surface area contributed by atoms with Gasteiger partial charge in [0.1, 0.15) is 0 Å². The predicted molar refractivity (Wildman–Crippen MR) is 74.2 cm³/mol. The summed E-state index contributed by atoms with van der Waals surface area (Å²) >= 11 is 0. The lowest BCUT2D eigenvalue weighted by Gasteiger charge is -2.26. The van der Waals surface area contributed by atoms with Crippen molar-refractivity contribution in [1.29, 1.82) is 0 Å². The molecule has 2 N–H and O–H groups in total. The van der Waals surface area contributed by atoms with Crippen LogP contribution < -0.4 is 10.6 Å². The number of fused-ring (bicyclic) bond motifs is 2. The summed E-state index contributed by atoms with van der Waals surface area (Å²) in [7, 11) is 0. The Morgan fingerprint density at radius 3 is 2.61 bits per heavy atom. The van der Waals surface area contributed by atoms with Crippen LogP contribution in [0.25, 0.3) is 0 Å². The van der Waals surface area contributed by atoms with E-state index in [1.165, 1.54) is 12.8 Å². The average Bonchev–Trinajstić information content (AvgIpc) is 2.95. The number of nitrogens with one attached hydrogen (secondary N) is 2. The molecule has 0 aliphatic heterocycles. The quantitative estimate of drug-likeness (QED) is 0.707. The fourth-order valence-electron chi connectivity index (χ4n) is 3.18. The van der Waals surface area contributed by atoms with Crippen LogP contribution in [0.15, 0.2) is 12.2 Å². The Morgan fingerprint density at radius 2 is 2.06 bits per heavy atom. The molecule has 0 saturated heterocycles. The van der Waals surface area contributed by atoms with Crippen LogP contribution in [0.5, 0.6) is 0 Å². The zero-order valence-electron chi connectivity index (χ0n) is 11.8. The van der Waals surface area contributed by atoms with Crippen LogP contribution in [0.4, 0.5) is 0 Å². The highest BCUT2D eigenvalue weighted by Gasteiger charge is 2.38. The SMILES string of the molecule is CC(C)CNC(=O)CNC(C)C1CC2C=CC1C2. The Balaban J connectivity index is 1.67. The maximum absolute atomic E-state index is 11.6. The van der Waals surface area contributed by atoms with Crippen molar-refractivity contribution in [3.63, 3.8) is 0 Å². The van der Waals surface area contributed by atoms with Gasteiger partial charge in [0, 0.05) is 12.6 Å². The summed E-state index contributed by atoms with van der Waals surface area (Å²) in [5.41, 5.74) is 0. The van der Waals surface area contributed by atoms with Gasteiger partial charge in [0.05, 0.1) is 6.54 Å². The van der Waals surface area contributed by atoms with Crippen molar-refractivity contribution in [2.45, 2.75) is 39.7 Å². The zero-order chi connectivity index (χ0) is 13.1. The molecule has 0 aromatic carbocycles. The summed E-state index contributed by atoms with van der Waals surface area (Å²) < 4.78 is 0. The maximum Gasteiger partial charge on any atom is 0.233 e. The van der Waals surface area contributed by atoms with Crippen molar-refractivity contribution in [3.8, 4) is 0 Å². The minimum absolute atomic E-state index is 0.120. The minimum atomic E-state index is 0.120. The highest BCUT2D eigenvalue weighted by Crippen LogP contribution is 2.44. The van der Waals surface area contributed by atoms with Crippen LogP contribution in [0, 0.1) is 23.7 Å². The lowest BCUT2D eigenvalue weighted by molar-refractivity contribution is -0.120. The summed E-state index contributed by atoms with van der Waals surface area (Å²) in [6.45, 7) is 7.65. The molecule has 3 nitrogen and oxygen atoms in total. The molecule has 4 atom stereocenters. The number of carbonyl (C=O) groups is 1. The lowest BCUT2D eigenvalue weighted by Crippen LogP contribution is -2.42. The lowest BCUT2D eigenvalue weighted by atomic mass is 9.87. The van der Waals surface area contributed by atoms with E-state index in [0.29, 0.717) is 18.5 Å². The van der Waals surface area contributed by atoms with Crippen molar-refractivity contribution < 1.29 is 4.79 Å². The Morgan fingerprint density at radius 1 is 1.28 bits per heavy atom. The molecule has 1 fully saturated rings. The summed E-state index contributed by atoms with van der Waals surface area (Å²) in [6.07, 6.45) is 7.36. The van der Waals surface area contributed by atoms with E-state index < -0.39 is 0 Å². The number of amides is 1. The largest absolute Gasteiger partial charge is 0.355 e. The smallest absolute Gasteiger partial charge is 0.233 e. The Bertz CT molecular complexity index is 324. The van der Waals surface area contributed by atoms with Crippen LogP contribution in [0.1, 0.15) is 33.6 Å². The third kappa shape index (κ3) is 3.35. The fourth-order valence-corrected chi connectivity index (χ4v) is 3.18. The molecule has 0 heterocycles. The van der Waals surface area contributed by atoms with Crippen LogP contribution in [0.2, 0.25) is 0 Å². The third-order valence-corrected chi connectivity index (χ3v) is 4.26. The zero-order valence-corrected chi connectivity index (χ0v) is 11.8. The van der Waals surface area contributed by atoms with E-state index in [9.17, 15) is 4.79 Å². The first-order valence-corrected chi connectivity index (χ1v) is 7.24. The second kappa shape index (κ2) is 5.87. The molecular formula is C15H26N2O. The minimum Gasteiger partial charge on any atom is -0.355 e. The Hall–Kier alpha value is -0.830. The summed E-state index contributed by atoms with van der Waals surface area (Å²) in [4.78, 5) is 11.6. The molecule has 2 rings (SSSR count). The highest BCUT2D eigenvalue weighted by atomic mass is 16.1. The van der Waals surface area contributed by atoms with Crippen molar-refractivity contribution in [2.24, 2.45) is 23.7 Å². The molecule has 3 heteroatoms. The van der Waals surface area contributed by atoms with Gasteiger partial charge in [-0.3, -0.25) is 4.79 Å². The number of hydrogen-bond acceptors (Lipinski definition) is 2. The summed E-state index contributed by atoms with van der Waals surface area (Å²) in [5.74, 6) is 2.91. The molecule has 1 saturated carbocycles. The van der Waals surface area contributed by atoms with Crippen LogP contribution >= 0.6 is 0 Å². The van der Waals surface area contributed by atoms with Gasteiger partial charge in [-0.15, -0.1) is 0 Å². The standard InChI is InChI=1S/C15H26N2O/c1-10(2)8-17-15(18)9-16-11(3)14-7-12-4-5-13(14)6-12/h4-5,10-14,16H,6-9H2,1-3H3,(H,17,18). The van der Waals surface area contributed by atoms with Crippen molar-refractivity contribution in [1.82, 2.24) is 10.6 Å². The van der Waals surface area contributed by atoms with E-state index in [-0.39, 0.29) is 5.91 Å². The predicted octanol–water partition coefficient (Wildman–Crippen LogP) is 1.95. The molecule has 2 aliphatic carbocycles. The molecule has 2 bridgehead atoms. The van der Waals surface area contributed by atoms with E-state index in [0.717, 1.165) is 24.3 Å². The second-order valence-corrected chi connectivity index (χ2v) is 6.31. The first-order chi connectivity index (χ1) is 8.56. The molecule has 0 radical (unpaired) electrons. The Kier molecular flexibility index (Phi) is 4.44. The number of hydrogen-bond donors (Lipinski definition) is 2. The molecule has 0 spiro atoms. The normalized spacial score (nSPS) is 31.0. The van der Waals surface area contributed by atoms with E-state index in [4.69, 9.17) is 0 Å². The second-order valence-electron chi connectivity index (χ2n) is 6.31. The third-order valence-electron chi connectivity index (χ3n) is 4.26. The molecule has 102 valence electrons. The molecular weight excluding hydrogens is 224 g/mol. The molecule has 0 aromatic rings. The number of allylic oxidation sites excluding steroid dienone is 2. The van der Waals surface area contributed by atoms with Crippen LogP contribution in [0.3, 0.4) is 0 Å². The van der Waals surface area contributed by atoms with E-state index >= 15 is 0 Å². The molecule has 0 aromatic heterocycles. The van der Waals surface area contributed by atoms with Gasteiger partial charge in [0.15, 0.2) is 0 Å². The number of carbonyl (C=O) groups excluding carboxylic acids is 1. The van der Waals surface area contributed by atoms with Crippen molar-refractivity contribution in [2.75, 3.05) is 13.1 Å². The maximum atomic E-state index is 11.6. The van der Waals surface area contributed by atoms with Gasteiger partial charge in [-0.1, -0.05) is 26.0 Å². The summed E-state index contributed by atoms with van der Waals surface area (Å²) in [5, 5.41) is 6.33. The van der Waals surface area contributed by atoms with Gasteiger partial charge in [0.2, 0.25) is 5.91 Å². The van der Waals surface area contributed by atoms with Gasteiger partial charge >= 0.3 is 0 Å². The van der Waals surface area contributed by atoms with Gasteiger partial charge in [0.25, 0.3) is 0 Å². The topological polar surface area (TPSA) is 41.1 Å². The Labute approximate surface area is 110 Å². The fraction of sp³-hybridized carbons (Fsp3) is 0.800. The van der Waals surface area contributed by atoms with E-state index in [2.05, 4.69) is 43.6 Å².